The summed E-state index contributed by atoms with van der Waals surface area (Å²) in [5.41, 5.74) is -0.480. The zero-order valence-electron chi connectivity index (χ0n) is 10.3. The Kier molecular flexibility index (Phi) is 4.31. The van der Waals surface area contributed by atoms with Gasteiger partial charge in [-0.25, -0.2) is 0 Å². The Morgan fingerprint density at radius 2 is 1.62 bits per heavy atom. The zero-order chi connectivity index (χ0) is 12.5. The van der Waals surface area contributed by atoms with Crippen molar-refractivity contribution < 1.29 is 24.8 Å². The molecule has 0 bridgehead atoms. The van der Waals surface area contributed by atoms with Crippen molar-refractivity contribution in [3.8, 4) is 0 Å². The molecule has 0 aromatic carbocycles. The summed E-state index contributed by atoms with van der Waals surface area (Å²) in [6.45, 7) is 7.34. The molecule has 1 unspecified atom stereocenters. The number of hydrogen-bond acceptors (Lipinski definition) is 5. The average Bonchev–Trinajstić information content (AvgIpc) is 2.17. The van der Waals surface area contributed by atoms with Gasteiger partial charge in [0.1, 0.15) is 18.3 Å². The highest BCUT2D eigenvalue weighted by Crippen LogP contribution is 2.26. The lowest BCUT2D eigenvalue weighted by atomic mass is 9.97. The van der Waals surface area contributed by atoms with Gasteiger partial charge in [-0.2, -0.15) is 0 Å². The number of ether oxygens (including phenoxy) is 2. The topological polar surface area (TPSA) is 79.2 Å². The van der Waals surface area contributed by atoms with Gasteiger partial charge in [0.25, 0.3) is 0 Å². The molecular weight excluding hydrogens is 212 g/mol. The molecule has 1 saturated heterocycles. The molecule has 0 aromatic rings. The first-order valence-electron chi connectivity index (χ1n) is 5.63. The zero-order valence-corrected chi connectivity index (χ0v) is 10.3. The highest BCUT2D eigenvalue weighted by atomic mass is 16.7. The largest absolute Gasteiger partial charge is 0.388 e. The van der Waals surface area contributed by atoms with E-state index in [-0.39, 0.29) is 0 Å². The minimum atomic E-state index is -1.23. The van der Waals surface area contributed by atoms with Gasteiger partial charge in [-0.05, 0) is 27.2 Å². The molecule has 0 aliphatic carbocycles. The fourth-order valence-electron chi connectivity index (χ4n) is 1.70. The molecular formula is C11H22O5. The molecule has 5 heteroatoms. The lowest BCUT2D eigenvalue weighted by Crippen LogP contribution is -2.59. The van der Waals surface area contributed by atoms with Crippen LogP contribution < -0.4 is 0 Å². The van der Waals surface area contributed by atoms with Crippen LogP contribution in [0.15, 0.2) is 0 Å². The van der Waals surface area contributed by atoms with Gasteiger partial charge < -0.3 is 24.8 Å². The summed E-state index contributed by atoms with van der Waals surface area (Å²) in [4.78, 5) is 0. The predicted octanol–water partition coefficient (Wildman–Crippen LogP) is 0.0191. The van der Waals surface area contributed by atoms with Gasteiger partial charge in [0, 0.05) is 0 Å². The van der Waals surface area contributed by atoms with Crippen LogP contribution in [0.25, 0.3) is 0 Å². The molecule has 1 fully saturated rings. The Morgan fingerprint density at radius 3 is 2.06 bits per heavy atom. The first kappa shape index (κ1) is 13.9. The van der Waals surface area contributed by atoms with Gasteiger partial charge in [0.05, 0.1) is 11.7 Å². The van der Waals surface area contributed by atoms with Gasteiger partial charge in [-0.3, -0.25) is 0 Å². The predicted molar refractivity (Wildman–Crippen MR) is 57.8 cm³/mol. The van der Waals surface area contributed by atoms with Gasteiger partial charge in [0.2, 0.25) is 0 Å². The van der Waals surface area contributed by atoms with Crippen molar-refractivity contribution in [3.05, 3.63) is 0 Å². The van der Waals surface area contributed by atoms with E-state index in [1.54, 1.807) is 0 Å². The fraction of sp³-hybridized carbons (Fsp3) is 1.00. The summed E-state index contributed by atoms with van der Waals surface area (Å²) < 4.78 is 10.9. The molecule has 1 aliphatic heterocycles. The summed E-state index contributed by atoms with van der Waals surface area (Å²) in [6, 6.07) is 0. The minimum absolute atomic E-state index is 0.480. The van der Waals surface area contributed by atoms with E-state index in [4.69, 9.17) is 9.47 Å². The first-order chi connectivity index (χ1) is 7.26. The lowest BCUT2D eigenvalue weighted by Gasteiger charge is -2.42. The summed E-state index contributed by atoms with van der Waals surface area (Å²) in [5.74, 6) is 0. The molecule has 5 nitrogen and oxygen atoms in total. The Bertz CT molecular complexity index is 223. The molecule has 96 valence electrons. The number of rotatable bonds is 2. The normalized spacial score (nSPS) is 41.1. The third-order valence-electron chi connectivity index (χ3n) is 2.54. The molecule has 0 saturated carbocycles. The van der Waals surface area contributed by atoms with Crippen LogP contribution in [0.3, 0.4) is 0 Å². The third-order valence-corrected chi connectivity index (χ3v) is 2.54. The molecule has 1 aliphatic rings. The standard InChI is InChI=1S/C11H22O5/c1-5-6-7(12)8(13)9(14)10(15-6)16-11(2,3)4/h6-10,12-14H,5H2,1-4H3/t6-,7-,8+,9-,10?/m0/s1. The van der Waals surface area contributed by atoms with E-state index >= 15 is 0 Å². The van der Waals surface area contributed by atoms with Crippen LogP contribution in [0.5, 0.6) is 0 Å². The Labute approximate surface area is 96.0 Å². The smallest absolute Gasteiger partial charge is 0.187 e. The maximum atomic E-state index is 9.72. The van der Waals surface area contributed by atoms with Crippen molar-refractivity contribution in [2.75, 3.05) is 0 Å². The molecule has 0 radical (unpaired) electrons. The summed E-state index contributed by atoms with van der Waals surface area (Å²) >= 11 is 0. The van der Waals surface area contributed by atoms with E-state index in [0.717, 1.165) is 0 Å². The van der Waals surface area contributed by atoms with Crippen molar-refractivity contribution in [2.45, 2.75) is 70.4 Å². The summed E-state index contributed by atoms with van der Waals surface area (Å²) in [6.07, 6.45) is -4.38. The van der Waals surface area contributed by atoms with Crippen molar-refractivity contribution in [2.24, 2.45) is 0 Å². The van der Waals surface area contributed by atoms with Crippen molar-refractivity contribution in [1.29, 1.82) is 0 Å². The van der Waals surface area contributed by atoms with Crippen LogP contribution in [0.4, 0.5) is 0 Å². The average molecular weight is 234 g/mol. The van der Waals surface area contributed by atoms with Crippen LogP contribution in [-0.2, 0) is 9.47 Å². The van der Waals surface area contributed by atoms with E-state index in [9.17, 15) is 15.3 Å². The maximum Gasteiger partial charge on any atom is 0.187 e. The minimum Gasteiger partial charge on any atom is -0.388 e. The monoisotopic (exact) mass is 234 g/mol. The van der Waals surface area contributed by atoms with Crippen molar-refractivity contribution in [1.82, 2.24) is 0 Å². The Balaban J connectivity index is 2.71. The van der Waals surface area contributed by atoms with E-state index in [1.807, 2.05) is 27.7 Å². The van der Waals surface area contributed by atoms with Crippen molar-refractivity contribution in [3.63, 3.8) is 0 Å². The second kappa shape index (κ2) is 4.98. The first-order valence-corrected chi connectivity index (χ1v) is 5.63. The second-order valence-electron chi connectivity index (χ2n) is 5.15. The molecule has 0 spiro atoms. The van der Waals surface area contributed by atoms with Gasteiger partial charge in [-0.1, -0.05) is 6.92 Å². The SMILES string of the molecule is CC[C@@H]1OC(OC(C)(C)C)[C@@H](O)[C@H](O)[C@H]1O. The van der Waals surface area contributed by atoms with E-state index in [1.165, 1.54) is 0 Å². The van der Waals surface area contributed by atoms with Crippen molar-refractivity contribution >= 4 is 0 Å². The quantitative estimate of drug-likeness (QED) is 0.627. The number of aliphatic hydroxyl groups excluding tert-OH is 3. The molecule has 3 N–H and O–H groups in total. The highest BCUT2D eigenvalue weighted by molar-refractivity contribution is 4.89. The Morgan fingerprint density at radius 1 is 1.06 bits per heavy atom. The van der Waals surface area contributed by atoms with Crippen LogP contribution in [0, 0.1) is 0 Å². The number of aliphatic hydroxyl groups is 3. The molecule has 5 atom stereocenters. The maximum absolute atomic E-state index is 9.72. The fourth-order valence-corrected chi connectivity index (χ4v) is 1.70. The van der Waals surface area contributed by atoms with Crippen LogP contribution >= 0.6 is 0 Å². The van der Waals surface area contributed by atoms with Crippen LogP contribution in [0.1, 0.15) is 34.1 Å². The second-order valence-corrected chi connectivity index (χ2v) is 5.15. The van der Waals surface area contributed by atoms with E-state index < -0.39 is 36.3 Å². The number of hydrogen-bond donors (Lipinski definition) is 3. The molecule has 16 heavy (non-hydrogen) atoms. The van der Waals surface area contributed by atoms with Gasteiger partial charge in [0.15, 0.2) is 6.29 Å². The summed E-state index contributed by atoms with van der Waals surface area (Å²) in [5, 5.41) is 29.0. The lowest BCUT2D eigenvalue weighted by molar-refractivity contribution is -0.317. The van der Waals surface area contributed by atoms with E-state index in [0.29, 0.717) is 6.42 Å². The highest BCUT2D eigenvalue weighted by Gasteiger charge is 2.44. The van der Waals surface area contributed by atoms with Gasteiger partial charge in [-0.15, -0.1) is 0 Å². The van der Waals surface area contributed by atoms with E-state index in [2.05, 4.69) is 0 Å². The molecule has 1 rings (SSSR count). The molecule has 0 aromatic heterocycles. The Hall–Kier alpha value is -0.200. The van der Waals surface area contributed by atoms with Crippen LogP contribution in [0.2, 0.25) is 0 Å². The third kappa shape index (κ3) is 3.15. The molecule has 1 heterocycles. The van der Waals surface area contributed by atoms with Crippen LogP contribution in [-0.4, -0.2) is 51.6 Å². The van der Waals surface area contributed by atoms with Gasteiger partial charge >= 0.3 is 0 Å². The summed E-state index contributed by atoms with van der Waals surface area (Å²) in [7, 11) is 0. The molecule has 0 amide bonds.